The highest BCUT2D eigenvalue weighted by atomic mass is 19.1. The van der Waals surface area contributed by atoms with E-state index >= 15 is 0 Å². The Kier molecular flexibility index (Phi) is 4.07. The van der Waals surface area contributed by atoms with Crippen LogP contribution in [0.4, 0.5) is 4.39 Å². The number of hydrogen-bond acceptors (Lipinski definition) is 3. The van der Waals surface area contributed by atoms with Crippen LogP contribution in [0.15, 0.2) is 18.3 Å². The Hall–Kier alpha value is -1.00. The Bertz CT molecular complexity index is 355. The highest BCUT2D eigenvalue weighted by Crippen LogP contribution is 2.22. The van der Waals surface area contributed by atoms with E-state index in [4.69, 9.17) is 0 Å². The van der Waals surface area contributed by atoms with Gasteiger partial charge in [-0.15, -0.1) is 0 Å². The zero-order valence-corrected chi connectivity index (χ0v) is 10.1. The highest BCUT2D eigenvalue weighted by molar-refractivity contribution is 5.08. The van der Waals surface area contributed by atoms with Crippen LogP contribution in [0.3, 0.4) is 0 Å². The molecule has 1 fully saturated rings. The number of pyridine rings is 1. The summed E-state index contributed by atoms with van der Waals surface area (Å²) in [6.07, 6.45) is 4.66. The van der Waals surface area contributed by atoms with Gasteiger partial charge in [-0.3, -0.25) is 4.98 Å². The van der Waals surface area contributed by atoms with Crippen LogP contribution in [-0.4, -0.2) is 22.2 Å². The largest absolute Gasteiger partial charge is 0.387 e. The van der Waals surface area contributed by atoms with Gasteiger partial charge in [-0.2, -0.15) is 0 Å². The van der Waals surface area contributed by atoms with Crippen molar-refractivity contribution in [3.8, 4) is 0 Å². The minimum absolute atomic E-state index is 0.334. The molecule has 94 valence electrons. The molecule has 2 heterocycles. The number of nitrogens with zero attached hydrogens (tertiary/aromatic N) is 1. The van der Waals surface area contributed by atoms with Gasteiger partial charge in [-0.1, -0.05) is 6.42 Å². The number of piperidine rings is 1. The van der Waals surface area contributed by atoms with E-state index in [2.05, 4.69) is 17.2 Å². The summed E-state index contributed by atoms with van der Waals surface area (Å²) in [7, 11) is 0. The third kappa shape index (κ3) is 3.48. The number of hydrogen-bond donors (Lipinski definition) is 2. The smallest absolute Gasteiger partial charge is 0.141 e. The fourth-order valence-corrected chi connectivity index (χ4v) is 2.40. The van der Waals surface area contributed by atoms with Crippen molar-refractivity contribution in [1.82, 2.24) is 10.3 Å². The molecule has 1 aromatic heterocycles. The minimum atomic E-state index is -0.613. The molecular weight excluding hydrogens is 219 g/mol. The number of rotatable bonds is 3. The maximum Gasteiger partial charge on any atom is 0.141 e. The lowest BCUT2D eigenvalue weighted by molar-refractivity contribution is 0.135. The summed E-state index contributed by atoms with van der Waals surface area (Å²) in [6, 6.07) is 3.73. The number of nitrogens with one attached hydrogen (secondary N) is 1. The third-order valence-electron chi connectivity index (χ3n) is 3.31. The molecule has 0 radical (unpaired) electrons. The van der Waals surface area contributed by atoms with Crippen molar-refractivity contribution >= 4 is 0 Å². The second-order valence-corrected chi connectivity index (χ2v) is 4.85. The lowest BCUT2D eigenvalue weighted by Gasteiger charge is -2.30. The van der Waals surface area contributed by atoms with Crippen molar-refractivity contribution in [3.05, 3.63) is 29.8 Å². The number of aliphatic hydroxyl groups excluding tert-OH is 1. The van der Waals surface area contributed by atoms with Crippen LogP contribution in [0.2, 0.25) is 0 Å². The number of aromatic nitrogens is 1. The summed E-state index contributed by atoms with van der Waals surface area (Å²) < 4.78 is 12.7. The quantitative estimate of drug-likeness (QED) is 0.848. The maximum atomic E-state index is 12.7. The molecule has 1 saturated heterocycles. The molecule has 0 aliphatic carbocycles. The van der Waals surface area contributed by atoms with Gasteiger partial charge in [0, 0.05) is 12.1 Å². The number of halogens is 1. The van der Waals surface area contributed by atoms with E-state index in [1.165, 1.54) is 18.9 Å². The molecule has 0 bridgehead atoms. The van der Waals surface area contributed by atoms with Crippen LogP contribution in [-0.2, 0) is 0 Å². The first kappa shape index (κ1) is 12.5. The topological polar surface area (TPSA) is 45.2 Å². The first-order valence-corrected chi connectivity index (χ1v) is 6.20. The predicted octanol–water partition coefficient (Wildman–Crippen LogP) is 2.17. The molecule has 3 atom stereocenters. The van der Waals surface area contributed by atoms with E-state index in [1.54, 1.807) is 6.07 Å². The van der Waals surface area contributed by atoms with Crippen molar-refractivity contribution in [3.63, 3.8) is 0 Å². The fraction of sp³-hybridized carbons (Fsp3) is 0.615. The van der Waals surface area contributed by atoms with Gasteiger partial charge in [0.1, 0.15) is 5.82 Å². The summed E-state index contributed by atoms with van der Waals surface area (Å²) in [5.41, 5.74) is 0.548. The van der Waals surface area contributed by atoms with Gasteiger partial charge in [0.15, 0.2) is 0 Å². The Morgan fingerprint density at radius 1 is 1.53 bits per heavy atom. The summed E-state index contributed by atoms with van der Waals surface area (Å²) >= 11 is 0. The van der Waals surface area contributed by atoms with Crippen molar-refractivity contribution < 1.29 is 9.50 Å². The minimum Gasteiger partial charge on any atom is -0.387 e. The Balaban J connectivity index is 1.91. The summed E-state index contributed by atoms with van der Waals surface area (Å²) in [6.45, 7) is 2.16. The van der Waals surface area contributed by atoms with E-state index in [-0.39, 0.29) is 5.82 Å². The van der Waals surface area contributed by atoms with Crippen LogP contribution < -0.4 is 5.32 Å². The highest BCUT2D eigenvalue weighted by Gasteiger charge is 2.21. The second kappa shape index (κ2) is 5.56. The van der Waals surface area contributed by atoms with E-state index in [9.17, 15) is 9.50 Å². The van der Waals surface area contributed by atoms with E-state index < -0.39 is 6.10 Å². The van der Waals surface area contributed by atoms with E-state index in [0.717, 1.165) is 12.6 Å². The molecule has 3 nitrogen and oxygen atoms in total. The van der Waals surface area contributed by atoms with Gasteiger partial charge in [0.25, 0.3) is 0 Å². The first-order valence-electron chi connectivity index (χ1n) is 6.20. The van der Waals surface area contributed by atoms with Crippen molar-refractivity contribution in [1.29, 1.82) is 0 Å². The van der Waals surface area contributed by atoms with Gasteiger partial charge in [0.2, 0.25) is 0 Å². The van der Waals surface area contributed by atoms with Crippen LogP contribution in [0.25, 0.3) is 0 Å². The predicted molar refractivity (Wildman–Crippen MR) is 64.0 cm³/mol. The average Bonchev–Trinajstić information content (AvgIpc) is 2.29. The fourth-order valence-electron chi connectivity index (χ4n) is 2.40. The van der Waals surface area contributed by atoms with Crippen LogP contribution in [0.1, 0.15) is 44.4 Å². The zero-order valence-electron chi connectivity index (χ0n) is 10.1. The Morgan fingerprint density at radius 2 is 2.35 bits per heavy atom. The normalized spacial score (nSPS) is 26.8. The molecule has 0 aromatic carbocycles. The Labute approximate surface area is 101 Å². The lowest BCUT2D eigenvalue weighted by Crippen LogP contribution is -2.41. The molecule has 17 heavy (non-hydrogen) atoms. The van der Waals surface area contributed by atoms with Crippen LogP contribution in [0, 0.1) is 5.82 Å². The molecule has 4 heteroatoms. The molecule has 2 rings (SSSR count). The lowest BCUT2D eigenvalue weighted by atomic mass is 9.94. The molecule has 1 aliphatic heterocycles. The molecule has 0 amide bonds. The monoisotopic (exact) mass is 238 g/mol. The molecule has 3 unspecified atom stereocenters. The zero-order chi connectivity index (χ0) is 12.3. The molecule has 1 aromatic rings. The van der Waals surface area contributed by atoms with Gasteiger partial charge >= 0.3 is 0 Å². The van der Waals surface area contributed by atoms with Crippen molar-refractivity contribution in [2.75, 3.05) is 0 Å². The maximum absolute atomic E-state index is 12.7. The standard InChI is InChI=1S/C13H19FN2O/c1-9-3-2-4-11(16-9)7-13(17)12-6-5-10(14)8-15-12/h5-6,8-9,11,13,16-17H,2-4,7H2,1H3. The average molecular weight is 238 g/mol. The van der Waals surface area contributed by atoms with Crippen LogP contribution >= 0.6 is 0 Å². The second-order valence-electron chi connectivity index (χ2n) is 4.85. The number of aliphatic hydroxyl groups is 1. The first-order chi connectivity index (χ1) is 8.15. The van der Waals surface area contributed by atoms with E-state index in [0.29, 0.717) is 24.2 Å². The molecule has 0 spiro atoms. The van der Waals surface area contributed by atoms with Gasteiger partial charge in [-0.25, -0.2) is 4.39 Å². The SMILES string of the molecule is CC1CCCC(CC(O)c2ccc(F)cn2)N1. The molecule has 1 aliphatic rings. The Morgan fingerprint density at radius 3 is 3.00 bits per heavy atom. The van der Waals surface area contributed by atoms with Gasteiger partial charge in [0.05, 0.1) is 18.0 Å². The van der Waals surface area contributed by atoms with Crippen molar-refractivity contribution in [2.24, 2.45) is 0 Å². The molecule has 0 saturated carbocycles. The van der Waals surface area contributed by atoms with Crippen LogP contribution in [0.5, 0.6) is 0 Å². The van der Waals surface area contributed by atoms with Crippen molar-refractivity contribution in [2.45, 2.75) is 50.8 Å². The summed E-state index contributed by atoms with van der Waals surface area (Å²) in [5.74, 6) is -0.370. The summed E-state index contributed by atoms with van der Waals surface area (Å²) in [5, 5.41) is 13.5. The van der Waals surface area contributed by atoms with Gasteiger partial charge < -0.3 is 10.4 Å². The summed E-state index contributed by atoms with van der Waals surface area (Å²) in [4.78, 5) is 3.91. The molecule has 2 N–H and O–H groups in total. The van der Waals surface area contributed by atoms with E-state index in [1.807, 2.05) is 0 Å². The van der Waals surface area contributed by atoms with Gasteiger partial charge in [-0.05, 0) is 38.3 Å². The molecular formula is C13H19FN2O. The third-order valence-corrected chi connectivity index (χ3v) is 3.31.